The summed E-state index contributed by atoms with van der Waals surface area (Å²) in [6, 6.07) is 10.2. The molecular weight excluding hydrogens is 526 g/mol. The van der Waals surface area contributed by atoms with Crippen LogP contribution >= 0.6 is 7.60 Å². The van der Waals surface area contributed by atoms with Gasteiger partial charge in [-0.05, 0) is 42.7 Å². The number of methoxy groups -OCH3 is 1. The van der Waals surface area contributed by atoms with Gasteiger partial charge < -0.3 is 30.9 Å². The predicted octanol–water partition coefficient (Wildman–Crippen LogP) is 5.28. The third-order valence-electron chi connectivity index (χ3n) is 6.25. The zero-order valence-corrected chi connectivity index (χ0v) is 21.6. The fraction of sp³-hybridized carbons (Fsp3) is 0.292. The topological polar surface area (TPSA) is 160 Å². The summed E-state index contributed by atoms with van der Waals surface area (Å²) in [7, 11) is -3.23. The summed E-state index contributed by atoms with van der Waals surface area (Å²) in [4.78, 5) is 39.6. The van der Waals surface area contributed by atoms with E-state index in [1.165, 1.54) is 49.6 Å². The van der Waals surface area contributed by atoms with Crippen molar-refractivity contribution in [3.63, 3.8) is 0 Å². The first-order chi connectivity index (χ1) is 17.8. The molecule has 1 amide bonds. The number of rotatable bonds is 10. The Morgan fingerprint density at radius 1 is 1.08 bits per heavy atom. The van der Waals surface area contributed by atoms with E-state index in [1.807, 2.05) is 0 Å². The van der Waals surface area contributed by atoms with Crippen molar-refractivity contribution in [1.29, 1.82) is 0 Å². The fourth-order valence-electron chi connectivity index (χ4n) is 4.12. The van der Waals surface area contributed by atoms with Gasteiger partial charge in [-0.3, -0.25) is 9.36 Å². The highest BCUT2D eigenvalue weighted by atomic mass is 31.2. The number of benzene rings is 2. The van der Waals surface area contributed by atoms with E-state index in [4.69, 9.17) is 10.5 Å². The minimum absolute atomic E-state index is 0.0185. The van der Waals surface area contributed by atoms with Gasteiger partial charge in [0.15, 0.2) is 0 Å². The maximum Gasteiger partial charge on any atom is 0.421 e. The van der Waals surface area contributed by atoms with E-state index in [1.54, 1.807) is 13.8 Å². The third kappa shape index (κ3) is 5.74. The number of amides is 1. The van der Waals surface area contributed by atoms with Crippen LogP contribution in [0.2, 0.25) is 0 Å². The van der Waals surface area contributed by atoms with Crippen LogP contribution in [0, 0.1) is 0 Å². The molecule has 0 unspecified atom stereocenters. The van der Waals surface area contributed by atoms with Crippen LogP contribution in [-0.4, -0.2) is 32.8 Å². The first-order valence-electron chi connectivity index (χ1n) is 11.4. The van der Waals surface area contributed by atoms with Gasteiger partial charge in [-0.1, -0.05) is 32.0 Å². The number of alkyl halides is 3. The molecule has 0 atom stereocenters. The SMILES string of the molecule is CCC(CC)(c1ccc(Nc2ncc(C(F)(F)F)c(Nc3ccccc3C(N)=O)n2)c(OC)c1)P(=O)(O)O. The number of hydrogen-bond acceptors (Lipinski definition) is 7. The van der Waals surface area contributed by atoms with Crippen LogP contribution in [0.15, 0.2) is 48.7 Å². The minimum Gasteiger partial charge on any atom is -0.495 e. The second-order valence-electron chi connectivity index (χ2n) is 8.31. The lowest BCUT2D eigenvalue weighted by atomic mass is 9.92. The van der Waals surface area contributed by atoms with Gasteiger partial charge >= 0.3 is 13.8 Å². The molecule has 10 nitrogen and oxygen atoms in total. The van der Waals surface area contributed by atoms with E-state index < -0.39 is 36.2 Å². The van der Waals surface area contributed by atoms with Gasteiger partial charge in [0.05, 0.1) is 29.2 Å². The second kappa shape index (κ2) is 11.0. The lowest BCUT2D eigenvalue weighted by Gasteiger charge is -2.33. The van der Waals surface area contributed by atoms with Crippen LogP contribution in [0.25, 0.3) is 0 Å². The smallest absolute Gasteiger partial charge is 0.421 e. The Hall–Kier alpha value is -3.67. The van der Waals surface area contributed by atoms with Gasteiger partial charge in [0.25, 0.3) is 5.91 Å². The molecule has 0 fully saturated rings. The monoisotopic (exact) mass is 553 g/mol. The number of carbonyl (C=O) groups excluding carboxylic acids is 1. The van der Waals surface area contributed by atoms with Gasteiger partial charge in [0.1, 0.15) is 17.1 Å². The van der Waals surface area contributed by atoms with Gasteiger partial charge in [-0.25, -0.2) is 4.98 Å². The van der Waals surface area contributed by atoms with E-state index in [0.717, 1.165) is 0 Å². The summed E-state index contributed by atoms with van der Waals surface area (Å²) in [6.07, 6.45) is -3.91. The Bertz CT molecular complexity index is 1380. The molecule has 0 aliphatic heterocycles. The molecule has 0 bridgehead atoms. The van der Waals surface area contributed by atoms with Crippen molar-refractivity contribution in [2.24, 2.45) is 5.73 Å². The lowest BCUT2D eigenvalue weighted by molar-refractivity contribution is -0.137. The largest absolute Gasteiger partial charge is 0.495 e. The maximum absolute atomic E-state index is 13.7. The maximum atomic E-state index is 13.7. The standard InChI is InChI=1S/C24H27F3N5O5P/c1-4-23(5-2,38(34,35)36)14-10-11-18(19(12-14)37-3)31-22-29-13-16(24(25,26)27)21(32-22)30-17-9-7-6-8-15(17)20(28)33/h6-13H,4-5H2,1-3H3,(H2,28,33)(H2,34,35,36)(H2,29,30,31,32). The molecule has 2 aromatic carbocycles. The van der Waals surface area contributed by atoms with Crippen molar-refractivity contribution < 1.29 is 37.1 Å². The van der Waals surface area contributed by atoms with E-state index in [-0.39, 0.29) is 41.5 Å². The van der Waals surface area contributed by atoms with Gasteiger partial charge in [-0.15, -0.1) is 0 Å². The molecule has 0 radical (unpaired) electrons. The van der Waals surface area contributed by atoms with Gasteiger partial charge in [-0.2, -0.15) is 18.2 Å². The second-order valence-corrected chi connectivity index (χ2v) is 10.3. The van der Waals surface area contributed by atoms with Crippen molar-refractivity contribution >= 4 is 36.6 Å². The summed E-state index contributed by atoms with van der Waals surface area (Å²) in [6.45, 7) is 3.34. The molecule has 38 heavy (non-hydrogen) atoms. The highest BCUT2D eigenvalue weighted by Gasteiger charge is 2.45. The van der Waals surface area contributed by atoms with Crippen molar-refractivity contribution in [3.05, 3.63) is 65.4 Å². The number of nitrogens with two attached hydrogens (primary N) is 1. The Balaban J connectivity index is 2.05. The molecule has 0 aliphatic carbocycles. The number of hydrogen-bond donors (Lipinski definition) is 5. The highest BCUT2D eigenvalue weighted by Crippen LogP contribution is 2.61. The van der Waals surface area contributed by atoms with Crippen LogP contribution < -0.4 is 21.1 Å². The molecule has 0 saturated heterocycles. The van der Waals surface area contributed by atoms with Crippen LogP contribution in [0.3, 0.4) is 0 Å². The molecule has 204 valence electrons. The van der Waals surface area contributed by atoms with Crippen molar-refractivity contribution in [2.45, 2.75) is 38.0 Å². The van der Waals surface area contributed by atoms with Crippen LogP contribution in [0.1, 0.15) is 48.2 Å². The van der Waals surface area contributed by atoms with Crippen LogP contribution in [-0.2, 0) is 15.9 Å². The van der Waals surface area contributed by atoms with Crippen LogP contribution in [0.4, 0.5) is 36.3 Å². The third-order valence-corrected chi connectivity index (χ3v) is 8.26. The number of anilines is 4. The number of ether oxygens (including phenoxy) is 1. The number of para-hydroxylation sites is 1. The molecule has 0 saturated carbocycles. The molecule has 0 spiro atoms. The van der Waals surface area contributed by atoms with E-state index in [0.29, 0.717) is 11.8 Å². The molecule has 3 rings (SSSR count). The molecular formula is C24H27F3N5O5P. The van der Waals surface area contributed by atoms with Gasteiger partial charge in [0, 0.05) is 6.20 Å². The predicted molar refractivity (Wildman–Crippen MR) is 136 cm³/mol. The summed E-state index contributed by atoms with van der Waals surface area (Å²) in [5, 5.41) is 3.86. The normalized spacial score (nSPS) is 12.2. The number of halogens is 3. The molecule has 1 aromatic heterocycles. The van der Waals surface area contributed by atoms with Crippen LogP contribution in [0.5, 0.6) is 5.75 Å². The summed E-state index contributed by atoms with van der Waals surface area (Å²) in [5.74, 6) is -1.55. The Kier molecular flexibility index (Phi) is 8.35. The van der Waals surface area contributed by atoms with Gasteiger partial charge in [0.2, 0.25) is 5.95 Å². The summed E-state index contributed by atoms with van der Waals surface area (Å²) >= 11 is 0. The molecule has 6 N–H and O–H groups in total. The zero-order chi connectivity index (χ0) is 28.3. The Morgan fingerprint density at radius 3 is 2.29 bits per heavy atom. The fourth-order valence-corrected chi connectivity index (χ4v) is 5.42. The van der Waals surface area contributed by atoms with E-state index in [9.17, 15) is 32.3 Å². The minimum atomic E-state index is -4.81. The summed E-state index contributed by atoms with van der Waals surface area (Å²) in [5.41, 5.74) is 4.73. The highest BCUT2D eigenvalue weighted by molar-refractivity contribution is 7.53. The first kappa shape index (κ1) is 28.9. The van der Waals surface area contributed by atoms with Crippen molar-refractivity contribution in [1.82, 2.24) is 9.97 Å². The Labute approximate surface area is 216 Å². The number of primary amides is 1. The zero-order valence-electron chi connectivity index (χ0n) is 20.7. The van der Waals surface area contributed by atoms with Crippen molar-refractivity contribution in [3.8, 4) is 5.75 Å². The molecule has 0 aliphatic rings. The average molecular weight is 553 g/mol. The molecule has 1 heterocycles. The van der Waals surface area contributed by atoms with E-state index in [2.05, 4.69) is 20.6 Å². The lowest BCUT2D eigenvalue weighted by Crippen LogP contribution is -2.24. The van der Waals surface area contributed by atoms with E-state index >= 15 is 0 Å². The number of carbonyl (C=O) groups is 1. The van der Waals surface area contributed by atoms with Crippen molar-refractivity contribution in [2.75, 3.05) is 17.7 Å². The first-order valence-corrected chi connectivity index (χ1v) is 13.0. The molecule has 14 heteroatoms. The Morgan fingerprint density at radius 2 is 1.74 bits per heavy atom. The molecule has 3 aromatic rings. The summed E-state index contributed by atoms with van der Waals surface area (Å²) < 4.78 is 58.8. The average Bonchev–Trinajstić information content (AvgIpc) is 2.84. The number of nitrogens with zero attached hydrogens (tertiary/aromatic N) is 2. The number of nitrogens with one attached hydrogen (secondary N) is 2. The quantitative estimate of drug-likeness (QED) is 0.210. The number of aromatic nitrogens is 2.